The van der Waals surface area contributed by atoms with Crippen LogP contribution in [-0.4, -0.2) is 27.3 Å². The molecule has 0 saturated heterocycles. The number of carbonyl (C=O) groups excluding carboxylic acids is 1. The first kappa shape index (κ1) is 18.7. The molecule has 0 atom stereocenters. The van der Waals surface area contributed by atoms with Crippen molar-refractivity contribution < 1.29 is 9.18 Å². The van der Waals surface area contributed by atoms with Gasteiger partial charge in [-0.25, -0.2) is 14.5 Å². The van der Waals surface area contributed by atoms with Crippen molar-refractivity contribution in [2.75, 3.05) is 10.3 Å². The maximum absolute atomic E-state index is 14.1. The molecule has 27 heavy (non-hydrogen) atoms. The number of benzene rings is 1. The SMILES string of the molecule is CC(=O)N(c1nc(/C=N\Nc2cn[nH]c(=O)c2Cl)cs1)c1ccccc1F. The first-order valence-corrected chi connectivity index (χ1v) is 8.76. The molecule has 0 fully saturated rings. The lowest BCUT2D eigenvalue weighted by atomic mass is 10.3. The monoisotopic (exact) mass is 406 g/mol. The van der Waals surface area contributed by atoms with E-state index in [0.29, 0.717) is 10.8 Å². The first-order chi connectivity index (χ1) is 13.0. The molecule has 0 bridgehead atoms. The molecule has 3 rings (SSSR count). The lowest BCUT2D eigenvalue weighted by Gasteiger charge is -2.18. The smallest absolute Gasteiger partial charge is 0.275 e. The Morgan fingerprint density at radius 1 is 1.44 bits per heavy atom. The molecule has 2 aromatic heterocycles. The minimum Gasteiger partial charge on any atom is -0.275 e. The standard InChI is InChI=1S/C16H12ClFN6O2S/c1-9(25)24(13-5-3-2-4-11(13)18)16-21-10(8-27-16)6-19-22-12-7-20-23-15(26)14(12)17/h2-8H,1H3,(H2,22,23,26)/b19-6-. The molecule has 2 heterocycles. The Hall–Kier alpha value is -3.11. The Bertz CT molecular complexity index is 1070. The van der Waals surface area contributed by atoms with Gasteiger partial charge < -0.3 is 0 Å². The Morgan fingerprint density at radius 2 is 2.22 bits per heavy atom. The number of halogens is 2. The van der Waals surface area contributed by atoms with E-state index in [2.05, 4.69) is 25.7 Å². The molecule has 0 unspecified atom stereocenters. The van der Waals surface area contributed by atoms with Crippen LogP contribution in [0.5, 0.6) is 0 Å². The zero-order valence-electron chi connectivity index (χ0n) is 13.8. The fourth-order valence-electron chi connectivity index (χ4n) is 2.11. The van der Waals surface area contributed by atoms with Crippen LogP contribution in [0.1, 0.15) is 12.6 Å². The normalized spacial score (nSPS) is 10.9. The van der Waals surface area contributed by atoms with Gasteiger partial charge in [-0.05, 0) is 12.1 Å². The van der Waals surface area contributed by atoms with Crippen LogP contribution in [0.2, 0.25) is 5.02 Å². The summed E-state index contributed by atoms with van der Waals surface area (Å²) in [7, 11) is 0. The highest BCUT2D eigenvalue weighted by atomic mass is 35.5. The number of amides is 1. The summed E-state index contributed by atoms with van der Waals surface area (Å²) in [6.07, 6.45) is 2.68. The molecule has 138 valence electrons. The van der Waals surface area contributed by atoms with Gasteiger partial charge in [-0.3, -0.25) is 19.9 Å². The summed E-state index contributed by atoms with van der Waals surface area (Å²) in [6, 6.07) is 5.94. The van der Waals surface area contributed by atoms with Crippen LogP contribution >= 0.6 is 22.9 Å². The largest absolute Gasteiger partial charge is 0.285 e. The summed E-state index contributed by atoms with van der Waals surface area (Å²) in [4.78, 5) is 28.8. The summed E-state index contributed by atoms with van der Waals surface area (Å²) >= 11 is 6.98. The molecule has 0 aliphatic carbocycles. The molecule has 0 radical (unpaired) electrons. The zero-order valence-corrected chi connectivity index (χ0v) is 15.4. The van der Waals surface area contributed by atoms with Gasteiger partial charge in [-0.15, -0.1) is 11.3 Å². The fraction of sp³-hybridized carbons (Fsp3) is 0.0625. The molecule has 2 N–H and O–H groups in total. The van der Waals surface area contributed by atoms with Gasteiger partial charge in [0.2, 0.25) is 5.91 Å². The van der Waals surface area contributed by atoms with Crippen molar-refractivity contribution in [1.82, 2.24) is 15.2 Å². The van der Waals surface area contributed by atoms with E-state index < -0.39 is 11.4 Å². The van der Waals surface area contributed by atoms with Gasteiger partial charge in [0, 0.05) is 12.3 Å². The summed E-state index contributed by atoms with van der Waals surface area (Å²) < 4.78 is 14.1. The highest BCUT2D eigenvalue weighted by molar-refractivity contribution is 7.14. The predicted molar refractivity (Wildman–Crippen MR) is 102 cm³/mol. The van der Waals surface area contributed by atoms with Crippen molar-refractivity contribution in [2.24, 2.45) is 5.10 Å². The van der Waals surface area contributed by atoms with Crippen molar-refractivity contribution in [3.8, 4) is 0 Å². The number of hydrogen-bond acceptors (Lipinski definition) is 7. The Labute approximate surface area is 161 Å². The highest BCUT2D eigenvalue weighted by Gasteiger charge is 2.20. The molecule has 0 spiro atoms. The van der Waals surface area contributed by atoms with Crippen LogP contribution in [0.15, 0.2) is 45.7 Å². The number of nitrogens with one attached hydrogen (secondary N) is 2. The molecular weight excluding hydrogens is 395 g/mol. The van der Waals surface area contributed by atoms with Crippen LogP contribution in [0.25, 0.3) is 0 Å². The summed E-state index contributed by atoms with van der Waals surface area (Å²) in [5.74, 6) is -0.909. The van der Waals surface area contributed by atoms with Crippen molar-refractivity contribution in [3.63, 3.8) is 0 Å². The van der Waals surface area contributed by atoms with Crippen LogP contribution in [-0.2, 0) is 4.79 Å². The summed E-state index contributed by atoms with van der Waals surface area (Å²) in [5, 5.41) is 11.6. The van der Waals surface area contributed by atoms with E-state index in [-0.39, 0.29) is 22.3 Å². The van der Waals surface area contributed by atoms with Gasteiger partial charge in [-0.1, -0.05) is 23.7 Å². The quantitative estimate of drug-likeness (QED) is 0.500. The van der Waals surface area contributed by atoms with Gasteiger partial charge >= 0.3 is 0 Å². The van der Waals surface area contributed by atoms with E-state index in [9.17, 15) is 14.0 Å². The molecule has 0 aliphatic heterocycles. The van der Waals surface area contributed by atoms with E-state index in [1.807, 2.05) is 0 Å². The van der Waals surface area contributed by atoms with Crippen molar-refractivity contribution in [3.05, 3.63) is 62.7 Å². The third-order valence-corrected chi connectivity index (χ3v) is 4.51. The third-order valence-electron chi connectivity index (χ3n) is 3.29. The number of hydrogen-bond donors (Lipinski definition) is 2. The fourth-order valence-corrected chi connectivity index (χ4v) is 3.07. The molecule has 3 aromatic rings. The van der Waals surface area contributed by atoms with Crippen molar-refractivity contribution in [1.29, 1.82) is 0 Å². The minimum absolute atomic E-state index is 0.0802. The molecule has 8 nitrogen and oxygen atoms in total. The van der Waals surface area contributed by atoms with E-state index >= 15 is 0 Å². The van der Waals surface area contributed by atoms with E-state index in [1.54, 1.807) is 11.4 Å². The predicted octanol–water partition coefficient (Wildman–Crippen LogP) is 3.15. The highest BCUT2D eigenvalue weighted by Crippen LogP contribution is 2.30. The molecule has 1 aromatic carbocycles. The average Bonchev–Trinajstić information content (AvgIpc) is 3.08. The lowest BCUT2D eigenvalue weighted by Crippen LogP contribution is -2.23. The number of rotatable bonds is 5. The number of thiazole rings is 1. The van der Waals surface area contributed by atoms with Crippen LogP contribution in [0, 0.1) is 5.82 Å². The second kappa shape index (κ2) is 8.06. The van der Waals surface area contributed by atoms with E-state index in [4.69, 9.17) is 11.6 Å². The Morgan fingerprint density at radius 3 is 2.96 bits per heavy atom. The van der Waals surface area contributed by atoms with Crippen molar-refractivity contribution >= 4 is 51.6 Å². The van der Waals surface area contributed by atoms with Crippen LogP contribution in [0.3, 0.4) is 0 Å². The van der Waals surface area contributed by atoms with Gasteiger partial charge in [0.05, 0.1) is 23.8 Å². The maximum atomic E-state index is 14.1. The van der Waals surface area contributed by atoms with Gasteiger partial charge in [0.1, 0.15) is 16.5 Å². The Balaban J connectivity index is 1.81. The lowest BCUT2D eigenvalue weighted by molar-refractivity contribution is -0.115. The number of aromatic amines is 1. The zero-order chi connectivity index (χ0) is 19.4. The number of nitrogens with zero attached hydrogens (tertiary/aromatic N) is 4. The number of para-hydroxylation sites is 1. The topological polar surface area (TPSA) is 103 Å². The summed E-state index contributed by atoms with van der Waals surface area (Å²) in [5.41, 5.74) is 2.81. The van der Waals surface area contributed by atoms with Crippen LogP contribution < -0.4 is 15.9 Å². The minimum atomic E-state index is -0.546. The van der Waals surface area contributed by atoms with E-state index in [0.717, 1.165) is 11.3 Å². The molecule has 0 aliphatic rings. The second-order valence-electron chi connectivity index (χ2n) is 5.16. The first-order valence-electron chi connectivity index (χ1n) is 7.50. The average molecular weight is 407 g/mol. The van der Waals surface area contributed by atoms with Crippen LogP contribution in [0.4, 0.5) is 20.9 Å². The third kappa shape index (κ3) is 4.18. The van der Waals surface area contributed by atoms with E-state index in [1.165, 1.54) is 42.4 Å². The van der Waals surface area contributed by atoms with Gasteiger partial charge in [0.15, 0.2) is 5.13 Å². The Kier molecular flexibility index (Phi) is 5.57. The molecule has 1 amide bonds. The molecule has 11 heteroatoms. The number of carbonyl (C=O) groups is 1. The van der Waals surface area contributed by atoms with Crippen molar-refractivity contribution in [2.45, 2.75) is 6.92 Å². The molecule has 0 saturated carbocycles. The van der Waals surface area contributed by atoms with Gasteiger partial charge in [0.25, 0.3) is 5.56 Å². The summed E-state index contributed by atoms with van der Waals surface area (Å²) in [6.45, 7) is 1.32. The second-order valence-corrected chi connectivity index (χ2v) is 6.37. The number of aromatic nitrogens is 3. The number of hydrazone groups is 1. The number of anilines is 3. The van der Waals surface area contributed by atoms with Gasteiger partial charge in [-0.2, -0.15) is 10.2 Å². The number of H-pyrrole nitrogens is 1. The molecular formula is C16H12ClFN6O2S. The maximum Gasteiger partial charge on any atom is 0.285 e.